The van der Waals surface area contributed by atoms with E-state index < -0.39 is 0 Å². The molecule has 4 rings (SSSR count). The van der Waals surface area contributed by atoms with Gasteiger partial charge in [-0.1, -0.05) is 67.1 Å². The molecule has 0 fully saturated rings. The second kappa shape index (κ2) is 10.9. The van der Waals surface area contributed by atoms with Crippen molar-refractivity contribution in [3.63, 3.8) is 0 Å². The zero-order valence-electron chi connectivity index (χ0n) is 18.7. The molecule has 1 heterocycles. The van der Waals surface area contributed by atoms with E-state index in [4.69, 9.17) is 16.6 Å². The summed E-state index contributed by atoms with van der Waals surface area (Å²) < 4.78 is 0. The van der Waals surface area contributed by atoms with Crippen molar-refractivity contribution in [1.29, 1.82) is 0 Å². The molecule has 3 aromatic carbocycles. The van der Waals surface area contributed by atoms with Crippen LogP contribution in [-0.4, -0.2) is 29.0 Å². The molecule has 0 radical (unpaired) electrons. The topological polar surface area (TPSA) is 58.1 Å². The maximum Gasteiger partial charge on any atom is 0.226 e. The van der Waals surface area contributed by atoms with Crippen LogP contribution in [0.15, 0.2) is 78.9 Å². The Labute approximate surface area is 199 Å². The smallest absolute Gasteiger partial charge is 0.226 e. The monoisotopic (exact) mass is 458 g/mol. The predicted molar refractivity (Wildman–Crippen MR) is 136 cm³/mol. The Morgan fingerprint density at radius 3 is 2.39 bits per heavy atom. The largest absolute Gasteiger partial charge is 0.355 e. The van der Waals surface area contributed by atoms with Crippen LogP contribution in [0.4, 0.5) is 11.5 Å². The minimum Gasteiger partial charge on any atom is -0.355 e. The maximum atomic E-state index is 12.7. The number of benzene rings is 3. The van der Waals surface area contributed by atoms with Crippen molar-refractivity contribution in [1.82, 2.24) is 9.97 Å². The standard InChI is InChI=1S/C27H27ClN4O/c1-2-25-30-24-19-21(28)13-14-23(24)27(31-25)32(17-15-20-9-5-3-6-10-20)18-16-26(33)29-22-11-7-4-8-12-22/h3-14,19H,2,15-18H2,1H3,(H,29,33). The van der Waals surface area contributed by atoms with Crippen LogP contribution in [0, 0.1) is 0 Å². The Kier molecular flexibility index (Phi) is 7.53. The molecule has 6 heteroatoms. The predicted octanol–water partition coefficient (Wildman–Crippen LogP) is 5.92. The van der Waals surface area contributed by atoms with Gasteiger partial charge in [0.05, 0.1) is 5.52 Å². The lowest BCUT2D eigenvalue weighted by molar-refractivity contribution is -0.116. The van der Waals surface area contributed by atoms with E-state index in [1.807, 2.05) is 73.7 Å². The Hall–Kier alpha value is -3.44. The highest BCUT2D eigenvalue weighted by molar-refractivity contribution is 6.31. The number of amides is 1. The average Bonchev–Trinajstić information content (AvgIpc) is 2.84. The number of para-hydroxylation sites is 1. The number of hydrogen-bond donors (Lipinski definition) is 1. The summed E-state index contributed by atoms with van der Waals surface area (Å²) in [7, 11) is 0. The first-order chi connectivity index (χ1) is 16.1. The lowest BCUT2D eigenvalue weighted by Gasteiger charge is -2.25. The number of carbonyl (C=O) groups is 1. The fraction of sp³-hybridized carbons (Fsp3) is 0.222. The van der Waals surface area contributed by atoms with Gasteiger partial charge in [0.15, 0.2) is 0 Å². The molecule has 1 aromatic heterocycles. The number of anilines is 2. The van der Waals surface area contributed by atoms with Gasteiger partial charge in [-0.2, -0.15) is 0 Å². The lowest BCUT2D eigenvalue weighted by Crippen LogP contribution is -2.31. The van der Waals surface area contributed by atoms with Crippen molar-refractivity contribution in [2.75, 3.05) is 23.3 Å². The molecular weight excluding hydrogens is 432 g/mol. The summed E-state index contributed by atoms with van der Waals surface area (Å²) in [6.45, 7) is 3.32. The van der Waals surface area contributed by atoms with Gasteiger partial charge in [0, 0.05) is 42.0 Å². The Morgan fingerprint density at radius 2 is 1.67 bits per heavy atom. The van der Waals surface area contributed by atoms with E-state index in [2.05, 4.69) is 27.3 Å². The second-order valence-electron chi connectivity index (χ2n) is 7.87. The summed E-state index contributed by atoms with van der Waals surface area (Å²) in [5.74, 6) is 1.58. The molecule has 4 aromatic rings. The molecule has 0 saturated heterocycles. The molecule has 0 saturated carbocycles. The summed E-state index contributed by atoms with van der Waals surface area (Å²) in [6.07, 6.45) is 1.92. The number of halogens is 1. The highest BCUT2D eigenvalue weighted by Gasteiger charge is 2.16. The van der Waals surface area contributed by atoms with Crippen molar-refractivity contribution in [3.8, 4) is 0 Å². The van der Waals surface area contributed by atoms with Crippen LogP contribution in [0.25, 0.3) is 10.9 Å². The molecule has 0 unspecified atom stereocenters. The minimum absolute atomic E-state index is 0.0250. The molecular formula is C27H27ClN4O. The number of fused-ring (bicyclic) bond motifs is 1. The summed E-state index contributed by atoms with van der Waals surface area (Å²) in [6, 6.07) is 25.6. The fourth-order valence-corrected chi connectivity index (χ4v) is 3.91. The maximum absolute atomic E-state index is 12.7. The molecule has 5 nitrogen and oxygen atoms in total. The van der Waals surface area contributed by atoms with E-state index in [-0.39, 0.29) is 5.91 Å². The van der Waals surface area contributed by atoms with Crippen LogP contribution in [0.2, 0.25) is 5.02 Å². The van der Waals surface area contributed by atoms with Gasteiger partial charge < -0.3 is 10.2 Å². The van der Waals surface area contributed by atoms with Gasteiger partial charge in [0.2, 0.25) is 5.91 Å². The Bertz CT molecular complexity index is 1210. The molecule has 0 bridgehead atoms. The van der Waals surface area contributed by atoms with Crippen LogP contribution in [0.1, 0.15) is 24.7 Å². The normalized spacial score (nSPS) is 10.8. The average molecular weight is 459 g/mol. The summed E-state index contributed by atoms with van der Waals surface area (Å²) in [5, 5.41) is 4.56. The quantitative estimate of drug-likeness (QED) is 0.338. The molecule has 1 N–H and O–H groups in total. The SMILES string of the molecule is CCc1nc(N(CCC(=O)Nc2ccccc2)CCc2ccccc2)c2ccc(Cl)cc2n1. The highest BCUT2D eigenvalue weighted by atomic mass is 35.5. The second-order valence-corrected chi connectivity index (χ2v) is 8.30. The van der Waals surface area contributed by atoms with Crippen LogP contribution in [0.5, 0.6) is 0 Å². The molecule has 33 heavy (non-hydrogen) atoms. The molecule has 0 aliphatic carbocycles. The molecule has 168 valence electrons. The Morgan fingerprint density at radius 1 is 0.939 bits per heavy atom. The van der Waals surface area contributed by atoms with Gasteiger partial charge in [-0.05, 0) is 42.3 Å². The van der Waals surface area contributed by atoms with Crippen LogP contribution < -0.4 is 10.2 Å². The lowest BCUT2D eigenvalue weighted by atomic mass is 10.1. The number of hydrogen-bond acceptors (Lipinski definition) is 4. The molecule has 0 atom stereocenters. The van der Waals surface area contributed by atoms with E-state index in [1.54, 1.807) is 0 Å². The molecule has 0 spiro atoms. The Balaban J connectivity index is 1.60. The van der Waals surface area contributed by atoms with Gasteiger partial charge in [-0.15, -0.1) is 0 Å². The number of aromatic nitrogens is 2. The summed E-state index contributed by atoms with van der Waals surface area (Å²) in [5.41, 5.74) is 2.87. The van der Waals surface area contributed by atoms with E-state index in [1.165, 1.54) is 5.56 Å². The summed E-state index contributed by atoms with van der Waals surface area (Å²) >= 11 is 6.24. The van der Waals surface area contributed by atoms with E-state index in [0.29, 0.717) is 18.0 Å². The number of rotatable bonds is 9. The van der Waals surface area contributed by atoms with E-state index in [0.717, 1.165) is 47.6 Å². The molecule has 1 amide bonds. The minimum atomic E-state index is -0.0250. The zero-order valence-corrected chi connectivity index (χ0v) is 19.4. The van der Waals surface area contributed by atoms with E-state index in [9.17, 15) is 4.79 Å². The third-order valence-corrected chi connectivity index (χ3v) is 5.72. The van der Waals surface area contributed by atoms with Crippen molar-refractivity contribution in [3.05, 3.63) is 95.3 Å². The van der Waals surface area contributed by atoms with E-state index >= 15 is 0 Å². The molecule has 0 aliphatic rings. The van der Waals surface area contributed by atoms with Gasteiger partial charge in [-0.25, -0.2) is 9.97 Å². The number of nitrogens with zero attached hydrogens (tertiary/aromatic N) is 3. The highest BCUT2D eigenvalue weighted by Crippen LogP contribution is 2.27. The van der Waals surface area contributed by atoms with Crippen molar-refractivity contribution in [2.24, 2.45) is 0 Å². The van der Waals surface area contributed by atoms with Gasteiger partial charge in [0.25, 0.3) is 0 Å². The van der Waals surface area contributed by atoms with Crippen LogP contribution in [0.3, 0.4) is 0 Å². The van der Waals surface area contributed by atoms with Crippen molar-refractivity contribution >= 4 is 39.9 Å². The zero-order chi connectivity index (χ0) is 23.0. The summed E-state index contributed by atoms with van der Waals surface area (Å²) in [4.78, 5) is 24.4. The first-order valence-corrected chi connectivity index (χ1v) is 11.6. The van der Waals surface area contributed by atoms with Gasteiger partial charge in [-0.3, -0.25) is 4.79 Å². The van der Waals surface area contributed by atoms with Crippen LogP contribution >= 0.6 is 11.6 Å². The first-order valence-electron chi connectivity index (χ1n) is 11.2. The van der Waals surface area contributed by atoms with Crippen molar-refractivity contribution in [2.45, 2.75) is 26.2 Å². The van der Waals surface area contributed by atoms with Gasteiger partial charge >= 0.3 is 0 Å². The van der Waals surface area contributed by atoms with Gasteiger partial charge in [0.1, 0.15) is 11.6 Å². The number of nitrogens with one attached hydrogen (secondary N) is 1. The first kappa shape index (κ1) is 22.7. The van der Waals surface area contributed by atoms with Crippen LogP contribution in [-0.2, 0) is 17.6 Å². The molecule has 0 aliphatic heterocycles. The fourth-order valence-electron chi connectivity index (χ4n) is 3.75. The third-order valence-electron chi connectivity index (χ3n) is 5.48. The third kappa shape index (κ3) is 6.08. The van der Waals surface area contributed by atoms with Crippen molar-refractivity contribution < 1.29 is 4.79 Å². The number of carbonyl (C=O) groups excluding carboxylic acids is 1. The number of aryl methyl sites for hydroxylation is 1.